The van der Waals surface area contributed by atoms with Crippen LogP contribution >= 0.6 is 0 Å². The first kappa shape index (κ1) is 15.9. The van der Waals surface area contributed by atoms with Crippen LogP contribution in [0.3, 0.4) is 0 Å². The number of hydrogen-bond acceptors (Lipinski definition) is 2. The zero-order chi connectivity index (χ0) is 14.4. The number of halogens is 2. The average Bonchev–Trinajstić information content (AvgIpc) is 2.36. The fraction of sp³-hybridized carbons (Fsp3) is 0.600. The number of ether oxygens (including phenoxy) is 1. The quantitative estimate of drug-likeness (QED) is 0.808. The molecule has 0 aromatic heterocycles. The van der Waals surface area contributed by atoms with E-state index in [1.165, 1.54) is 12.1 Å². The Morgan fingerprint density at radius 3 is 2.05 bits per heavy atom. The zero-order valence-electron chi connectivity index (χ0n) is 12.1. The maximum Gasteiger partial charge on any atom is 0.191 e. The van der Waals surface area contributed by atoms with E-state index in [0.29, 0.717) is 12.1 Å². The summed E-state index contributed by atoms with van der Waals surface area (Å²) >= 11 is 0. The first-order valence-electron chi connectivity index (χ1n) is 6.85. The standard InChI is InChI=1S/C15H23F2NO/c1-5-12(6-2)19-15-13(16)7-11(8-14(15)17)9-18-10(3)4/h7-8,10,12,18H,5-6,9H2,1-4H3. The minimum Gasteiger partial charge on any atom is -0.484 e. The summed E-state index contributed by atoms with van der Waals surface area (Å²) in [6, 6.07) is 2.93. The van der Waals surface area contributed by atoms with Gasteiger partial charge in [0.1, 0.15) is 0 Å². The predicted molar refractivity (Wildman–Crippen MR) is 73.3 cm³/mol. The van der Waals surface area contributed by atoms with Gasteiger partial charge in [-0.05, 0) is 30.5 Å². The zero-order valence-corrected chi connectivity index (χ0v) is 12.1. The molecule has 0 heterocycles. The van der Waals surface area contributed by atoms with Gasteiger partial charge < -0.3 is 10.1 Å². The Balaban J connectivity index is 2.84. The molecule has 0 saturated carbocycles. The number of rotatable bonds is 7. The van der Waals surface area contributed by atoms with Crippen LogP contribution in [0.1, 0.15) is 46.1 Å². The second-order valence-corrected chi connectivity index (χ2v) is 4.98. The molecule has 1 aromatic rings. The Bertz CT molecular complexity index is 380. The maximum absolute atomic E-state index is 13.9. The fourth-order valence-electron chi connectivity index (χ4n) is 1.77. The van der Waals surface area contributed by atoms with Gasteiger partial charge in [-0.1, -0.05) is 27.7 Å². The van der Waals surface area contributed by atoms with E-state index in [1.54, 1.807) is 0 Å². The van der Waals surface area contributed by atoms with Crippen LogP contribution in [0.15, 0.2) is 12.1 Å². The van der Waals surface area contributed by atoms with E-state index in [0.717, 1.165) is 12.8 Å². The summed E-state index contributed by atoms with van der Waals surface area (Å²) in [7, 11) is 0. The second-order valence-electron chi connectivity index (χ2n) is 4.98. The Morgan fingerprint density at radius 2 is 1.63 bits per heavy atom. The van der Waals surface area contributed by atoms with Gasteiger partial charge in [-0.3, -0.25) is 0 Å². The molecule has 0 saturated heterocycles. The summed E-state index contributed by atoms with van der Waals surface area (Å²) in [6.07, 6.45) is 1.31. The van der Waals surface area contributed by atoms with E-state index in [4.69, 9.17) is 4.74 Å². The van der Waals surface area contributed by atoms with Gasteiger partial charge in [0, 0.05) is 12.6 Å². The highest BCUT2D eigenvalue weighted by molar-refractivity contribution is 5.31. The van der Waals surface area contributed by atoms with Crippen LogP contribution in [-0.4, -0.2) is 12.1 Å². The summed E-state index contributed by atoms with van der Waals surface area (Å²) < 4.78 is 33.1. The molecule has 1 N–H and O–H groups in total. The van der Waals surface area contributed by atoms with Crippen molar-refractivity contribution in [3.05, 3.63) is 29.3 Å². The van der Waals surface area contributed by atoms with Crippen LogP contribution in [0.4, 0.5) is 8.78 Å². The van der Waals surface area contributed by atoms with E-state index in [1.807, 2.05) is 27.7 Å². The Hall–Kier alpha value is -1.16. The van der Waals surface area contributed by atoms with Crippen molar-refractivity contribution in [1.29, 1.82) is 0 Å². The molecule has 0 spiro atoms. The van der Waals surface area contributed by atoms with Crippen LogP contribution in [0.25, 0.3) is 0 Å². The van der Waals surface area contributed by atoms with E-state index >= 15 is 0 Å². The predicted octanol–water partition coefficient (Wildman–Crippen LogP) is 4.03. The highest BCUT2D eigenvalue weighted by Crippen LogP contribution is 2.25. The van der Waals surface area contributed by atoms with E-state index in [2.05, 4.69) is 5.32 Å². The molecule has 0 aliphatic carbocycles. The van der Waals surface area contributed by atoms with Crippen LogP contribution in [0, 0.1) is 11.6 Å². The Kier molecular flexibility index (Phi) is 6.22. The minimum absolute atomic E-state index is 0.149. The Labute approximate surface area is 114 Å². The summed E-state index contributed by atoms with van der Waals surface area (Å²) in [5, 5.41) is 3.12. The highest BCUT2D eigenvalue weighted by atomic mass is 19.1. The van der Waals surface area contributed by atoms with Gasteiger partial charge in [0.25, 0.3) is 0 Å². The monoisotopic (exact) mass is 271 g/mol. The van der Waals surface area contributed by atoms with Gasteiger partial charge in [-0.15, -0.1) is 0 Å². The van der Waals surface area contributed by atoms with Crippen molar-refractivity contribution in [1.82, 2.24) is 5.32 Å². The maximum atomic E-state index is 13.9. The Morgan fingerprint density at radius 1 is 1.11 bits per heavy atom. The number of benzene rings is 1. The third-order valence-corrected chi connectivity index (χ3v) is 2.97. The first-order chi connectivity index (χ1) is 8.97. The normalized spacial score (nSPS) is 11.4. The van der Waals surface area contributed by atoms with Gasteiger partial charge >= 0.3 is 0 Å². The van der Waals surface area contributed by atoms with Gasteiger partial charge in [0.15, 0.2) is 17.4 Å². The molecule has 0 fully saturated rings. The molecule has 2 nitrogen and oxygen atoms in total. The van der Waals surface area contributed by atoms with Crippen molar-refractivity contribution in [2.24, 2.45) is 0 Å². The molecule has 0 aliphatic rings. The van der Waals surface area contributed by atoms with E-state index < -0.39 is 11.6 Å². The minimum atomic E-state index is -0.632. The summed E-state index contributed by atoms with van der Waals surface area (Å²) in [6.45, 7) is 8.28. The third-order valence-electron chi connectivity index (χ3n) is 2.97. The van der Waals surface area contributed by atoms with Crippen LogP contribution in [0.5, 0.6) is 5.75 Å². The second kappa shape index (κ2) is 7.43. The van der Waals surface area contributed by atoms with Gasteiger partial charge in [-0.2, -0.15) is 0 Å². The molecule has 1 rings (SSSR count). The van der Waals surface area contributed by atoms with E-state index in [-0.39, 0.29) is 17.9 Å². The summed E-state index contributed by atoms with van der Waals surface area (Å²) in [5.74, 6) is -1.53. The molecular weight excluding hydrogens is 248 g/mol. The van der Waals surface area contributed by atoms with Crippen molar-refractivity contribution in [2.45, 2.75) is 59.2 Å². The molecule has 0 aliphatic heterocycles. The lowest BCUT2D eigenvalue weighted by Crippen LogP contribution is -2.22. The van der Waals surface area contributed by atoms with Crippen LogP contribution in [-0.2, 0) is 6.54 Å². The molecule has 0 bridgehead atoms. The summed E-state index contributed by atoms with van der Waals surface area (Å²) in [5.41, 5.74) is 0.584. The molecule has 108 valence electrons. The molecule has 1 aromatic carbocycles. The molecular formula is C15H23F2NO. The first-order valence-corrected chi connectivity index (χ1v) is 6.85. The van der Waals surface area contributed by atoms with Crippen LogP contribution in [0.2, 0.25) is 0 Å². The van der Waals surface area contributed by atoms with Gasteiger partial charge in [0.05, 0.1) is 6.10 Å². The molecule has 0 radical (unpaired) electrons. The number of hydrogen-bond donors (Lipinski definition) is 1. The molecule has 4 heteroatoms. The lowest BCUT2D eigenvalue weighted by molar-refractivity contribution is 0.175. The van der Waals surface area contributed by atoms with Gasteiger partial charge in [0.2, 0.25) is 0 Å². The van der Waals surface area contributed by atoms with Crippen molar-refractivity contribution in [3.8, 4) is 5.75 Å². The molecule has 0 atom stereocenters. The smallest absolute Gasteiger partial charge is 0.191 e. The fourth-order valence-corrected chi connectivity index (χ4v) is 1.77. The highest BCUT2D eigenvalue weighted by Gasteiger charge is 2.16. The lowest BCUT2D eigenvalue weighted by Gasteiger charge is -2.17. The van der Waals surface area contributed by atoms with Crippen molar-refractivity contribution >= 4 is 0 Å². The van der Waals surface area contributed by atoms with Crippen molar-refractivity contribution in [3.63, 3.8) is 0 Å². The molecule has 0 unspecified atom stereocenters. The number of nitrogens with one attached hydrogen (secondary N) is 1. The van der Waals surface area contributed by atoms with Crippen molar-refractivity contribution < 1.29 is 13.5 Å². The lowest BCUT2D eigenvalue weighted by atomic mass is 10.1. The third kappa shape index (κ3) is 4.78. The average molecular weight is 271 g/mol. The molecule has 19 heavy (non-hydrogen) atoms. The van der Waals surface area contributed by atoms with Gasteiger partial charge in [-0.25, -0.2) is 8.78 Å². The van der Waals surface area contributed by atoms with Crippen molar-refractivity contribution in [2.75, 3.05) is 0 Å². The topological polar surface area (TPSA) is 21.3 Å². The van der Waals surface area contributed by atoms with Crippen LogP contribution < -0.4 is 10.1 Å². The SMILES string of the molecule is CCC(CC)Oc1c(F)cc(CNC(C)C)cc1F. The van der Waals surface area contributed by atoms with E-state index in [9.17, 15) is 8.78 Å². The summed E-state index contributed by atoms with van der Waals surface area (Å²) in [4.78, 5) is 0. The molecule has 0 amide bonds. The largest absolute Gasteiger partial charge is 0.484 e.